The summed E-state index contributed by atoms with van der Waals surface area (Å²) in [4.78, 5) is 5.42. The van der Waals surface area contributed by atoms with Gasteiger partial charge in [-0.15, -0.1) is 11.3 Å². The van der Waals surface area contributed by atoms with Gasteiger partial charge in [-0.3, -0.25) is 4.40 Å². The third-order valence-corrected chi connectivity index (χ3v) is 2.61. The highest BCUT2D eigenvalue weighted by Crippen LogP contribution is 2.15. The molecule has 64 valence electrons. The van der Waals surface area contributed by atoms with Gasteiger partial charge in [-0.1, -0.05) is 13.8 Å². The van der Waals surface area contributed by atoms with Crippen molar-refractivity contribution in [1.82, 2.24) is 9.38 Å². The molecule has 0 aromatic carbocycles. The monoisotopic (exact) mass is 180 g/mol. The van der Waals surface area contributed by atoms with Crippen LogP contribution in [0.5, 0.6) is 0 Å². The molecule has 0 atom stereocenters. The lowest BCUT2D eigenvalue weighted by Crippen LogP contribution is -1.96. The van der Waals surface area contributed by atoms with Gasteiger partial charge in [0, 0.05) is 17.3 Å². The molecule has 0 fully saturated rings. The minimum atomic E-state index is 0.699. The second-order valence-corrected chi connectivity index (χ2v) is 4.28. The maximum atomic E-state index is 4.31. The Kier molecular flexibility index (Phi) is 1.89. The Morgan fingerprint density at radius 1 is 1.58 bits per heavy atom. The highest BCUT2D eigenvalue weighted by Gasteiger charge is 2.04. The fraction of sp³-hybridized carbons (Fsp3) is 0.444. The zero-order chi connectivity index (χ0) is 8.55. The minimum absolute atomic E-state index is 0.699. The van der Waals surface area contributed by atoms with Crippen molar-refractivity contribution in [3.63, 3.8) is 0 Å². The van der Waals surface area contributed by atoms with Crippen LogP contribution in [0.2, 0.25) is 0 Å². The van der Waals surface area contributed by atoms with Gasteiger partial charge >= 0.3 is 0 Å². The molecule has 2 nitrogen and oxygen atoms in total. The Bertz CT molecular complexity index is 372. The second kappa shape index (κ2) is 2.90. The van der Waals surface area contributed by atoms with Gasteiger partial charge in [0.15, 0.2) is 4.96 Å². The third kappa shape index (κ3) is 1.25. The van der Waals surface area contributed by atoms with Crippen LogP contribution in [-0.2, 0) is 6.42 Å². The smallest absolute Gasteiger partial charge is 0.193 e. The van der Waals surface area contributed by atoms with Crippen LogP contribution in [0.1, 0.15) is 19.5 Å². The van der Waals surface area contributed by atoms with E-state index in [1.54, 1.807) is 11.3 Å². The zero-order valence-corrected chi connectivity index (χ0v) is 8.14. The number of fused-ring (bicyclic) bond motifs is 1. The van der Waals surface area contributed by atoms with Crippen LogP contribution in [-0.4, -0.2) is 9.38 Å². The van der Waals surface area contributed by atoms with Crippen LogP contribution < -0.4 is 0 Å². The summed E-state index contributed by atoms with van der Waals surface area (Å²) in [6.07, 6.45) is 5.18. The molecule has 0 radical (unpaired) electrons. The molecule has 12 heavy (non-hydrogen) atoms. The third-order valence-electron chi connectivity index (χ3n) is 1.84. The van der Waals surface area contributed by atoms with Crippen molar-refractivity contribution >= 4 is 16.3 Å². The number of nitrogens with zero attached hydrogens (tertiary/aromatic N) is 2. The Balaban J connectivity index is 2.40. The van der Waals surface area contributed by atoms with Crippen LogP contribution in [0.4, 0.5) is 0 Å². The van der Waals surface area contributed by atoms with Crippen LogP contribution in [0.3, 0.4) is 0 Å². The molecule has 3 heteroatoms. The quantitative estimate of drug-likeness (QED) is 0.694. The summed E-state index contributed by atoms with van der Waals surface area (Å²) >= 11 is 1.69. The average molecular weight is 180 g/mol. The largest absolute Gasteiger partial charge is 0.295 e. The molecule has 0 saturated carbocycles. The summed E-state index contributed by atoms with van der Waals surface area (Å²) in [5, 5.41) is 2.08. The molecule has 2 heterocycles. The first-order valence-corrected chi connectivity index (χ1v) is 5.05. The predicted molar refractivity (Wildman–Crippen MR) is 51.6 cm³/mol. The standard InChI is InChI=1S/C9H12N2S/c1-7(2)5-8-6-10-9-11(8)3-4-12-9/h3-4,6-7H,5H2,1-2H3. The molecule has 0 saturated heterocycles. The van der Waals surface area contributed by atoms with E-state index in [1.165, 1.54) is 5.69 Å². The average Bonchev–Trinajstić information content (AvgIpc) is 2.52. The lowest BCUT2D eigenvalue weighted by atomic mass is 10.1. The van der Waals surface area contributed by atoms with E-state index in [0.29, 0.717) is 5.92 Å². The molecule has 2 rings (SSSR count). The number of hydrogen-bond acceptors (Lipinski definition) is 2. The van der Waals surface area contributed by atoms with Crippen LogP contribution >= 0.6 is 11.3 Å². The van der Waals surface area contributed by atoms with Crippen molar-refractivity contribution < 1.29 is 0 Å². The Labute approximate surface area is 75.9 Å². The number of hydrogen-bond donors (Lipinski definition) is 0. The molecular formula is C9H12N2S. The SMILES string of the molecule is CC(C)Cc1cnc2sccn12. The van der Waals surface area contributed by atoms with E-state index < -0.39 is 0 Å². The molecular weight excluding hydrogens is 168 g/mol. The van der Waals surface area contributed by atoms with E-state index in [-0.39, 0.29) is 0 Å². The lowest BCUT2D eigenvalue weighted by Gasteiger charge is -2.01. The van der Waals surface area contributed by atoms with Gasteiger partial charge in [0.25, 0.3) is 0 Å². The fourth-order valence-electron chi connectivity index (χ4n) is 1.35. The van der Waals surface area contributed by atoms with Gasteiger partial charge in [0.05, 0.1) is 6.20 Å². The first kappa shape index (κ1) is 7.80. The van der Waals surface area contributed by atoms with Crippen molar-refractivity contribution in [3.05, 3.63) is 23.5 Å². The normalized spacial score (nSPS) is 11.6. The maximum Gasteiger partial charge on any atom is 0.193 e. The van der Waals surface area contributed by atoms with Crippen LogP contribution in [0.25, 0.3) is 4.96 Å². The van der Waals surface area contributed by atoms with Gasteiger partial charge in [-0.05, 0) is 12.3 Å². The minimum Gasteiger partial charge on any atom is -0.295 e. The van der Waals surface area contributed by atoms with Crippen LogP contribution in [0, 0.1) is 5.92 Å². The van der Waals surface area contributed by atoms with E-state index in [9.17, 15) is 0 Å². The molecule has 0 bridgehead atoms. The van der Waals surface area contributed by atoms with Gasteiger partial charge in [0.2, 0.25) is 0 Å². The molecule has 0 aliphatic heterocycles. The first-order chi connectivity index (χ1) is 5.77. The molecule has 0 aliphatic rings. The van der Waals surface area contributed by atoms with Gasteiger partial charge in [-0.2, -0.15) is 0 Å². The summed E-state index contributed by atoms with van der Waals surface area (Å²) in [7, 11) is 0. The lowest BCUT2D eigenvalue weighted by molar-refractivity contribution is 0.632. The van der Waals surface area contributed by atoms with Crippen molar-refractivity contribution in [2.45, 2.75) is 20.3 Å². The Hall–Kier alpha value is -0.830. The number of thiazole rings is 1. The molecule has 2 aromatic heterocycles. The predicted octanol–water partition coefficient (Wildman–Crippen LogP) is 2.59. The van der Waals surface area contributed by atoms with Gasteiger partial charge < -0.3 is 0 Å². The molecule has 0 N–H and O–H groups in total. The highest BCUT2D eigenvalue weighted by molar-refractivity contribution is 7.15. The van der Waals surface area contributed by atoms with E-state index >= 15 is 0 Å². The summed E-state index contributed by atoms with van der Waals surface area (Å²) in [6.45, 7) is 4.46. The van der Waals surface area contributed by atoms with Gasteiger partial charge in [0.1, 0.15) is 0 Å². The number of rotatable bonds is 2. The van der Waals surface area contributed by atoms with Crippen LogP contribution in [0.15, 0.2) is 17.8 Å². The van der Waals surface area contributed by atoms with Crippen molar-refractivity contribution in [1.29, 1.82) is 0 Å². The fourth-order valence-corrected chi connectivity index (χ4v) is 2.05. The molecule has 0 aliphatic carbocycles. The van der Waals surface area contributed by atoms with Gasteiger partial charge in [-0.25, -0.2) is 4.98 Å². The molecule has 0 unspecified atom stereocenters. The van der Waals surface area contributed by atoms with Crippen molar-refractivity contribution in [3.8, 4) is 0 Å². The van der Waals surface area contributed by atoms with E-state index in [0.717, 1.165) is 11.4 Å². The zero-order valence-electron chi connectivity index (χ0n) is 7.32. The Morgan fingerprint density at radius 3 is 3.17 bits per heavy atom. The topological polar surface area (TPSA) is 17.3 Å². The maximum absolute atomic E-state index is 4.31. The number of aromatic nitrogens is 2. The number of imidazole rings is 1. The van der Waals surface area contributed by atoms with E-state index in [2.05, 4.69) is 34.8 Å². The highest BCUT2D eigenvalue weighted by atomic mass is 32.1. The summed E-state index contributed by atoms with van der Waals surface area (Å²) in [6, 6.07) is 0. The van der Waals surface area contributed by atoms with Crippen molar-refractivity contribution in [2.24, 2.45) is 5.92 Å². The summed E-state index contributed by atoms with van der Waals surface area (Å²) in [5.41, 5.74) is 1.32. The van der Waals surface area contributed by atoms with E-state index in [4.69, 9.17) is 0 Å². The van der Waals surface area contributed by atoms with E-state index in [1.807, 2.05) is 6.20 Å². The van der Waals surface area contributed by atoms with Crippen molar-refractivity contribution in [2.75, 3.05) is 0 Å². The Morgan fingerprint density at radius 2 is 2.42 bits per heavy atom. The second-order valence-electron chi connectivity index (χ2n) is 3.40. The summed E-state index contributed by atoms with van der Waals surface area (Å²) in [5.74, 6) is 0.699. The summed E-state index contributed by atoms with van der Waals surface area (Å²) < 4.78 is 2.17. The first-order valence-electron chi connectivity index (χ1n) is 4.17. The molecule has 0 spiro atoms. The molecule has 2 aromatic rings. The molecule has 0 amide bonds.